The SMILES string of the molecule is COC(=O)[C@@H](NP(=O)(OC[C@@H]1OC[C@H](n2cc(C)c(=O)[nH]c2=O)O1)Oc1ccc(Br)cc1)C(C)C. The summed E-state index contributed by atoms with van der Waals surface area (Å²) in [6, 6.07) is 5.55. The van der Waals surface area contributed by atoms with E-state index in [1.807, 2.05) is 0 Å². The molecule has 0 spiro atoms. The summed E-state index contributed by atoms with van der Waals surface area (Å²) >= 11 is 3.32. The smallest absolute Gasteiger partial charge is 0.459 e. The van der Waals surface area contributed by atoms with E-state index in [0.717, 1.165) is 4.47 Å². The first kappa shape index (κ1) is 27.3. The quantitative estimate of drug-likeness (QED) is 0.319. The van der Waals surface area contributed by atoms with Crippen molar-refractivity contribution in [2.24, 2.45) is 5.92 Å². The number of nitrogens with zero attached hydrogens (tertiary/aromatic N) is 1. The number of methoxy groups -OCH3 is 1. The van der Waals surface area contributed by atoms with Crippen molar-refractivity contribution in [1.82, 2.24) is 14.6 Å². The molecule has 14 heteroatoms. The first-order chi connectivity index (χ1) is 16.5. The third-order valence-electron chi connectivity index (χ3n) is 5.03. The number of aromatic nitrogens is 2. The van der Waals surface area contributed by atoms with Crippen LogP contribution in [0.1, 0.15) is 25.6 Å². The van der Waals surface area contributed by atoms with Crippen LogP contribution in [-0.4, -0.2) is 48.2 Å². The number of nitrogens with one attached hydrogen (secondary N) is 2. The highest BCUT2D eigenvalue weighted by molar-refractivity contribution is 9.10. The zero-order valence-electron chi connectivity index (χ0n) is 19.6. The molecule has 1 aromatic carbocycles. The Kier molecular flexibility index (Phi) is 9.08. The van der Waals surface area contributed by atoms with E-state index < -0.39 is 43.5 Å². The van der Waals surface area contributed by atoms with Crippen molar-refractivity contribution in [3.63, 3.8) is 0 Å². The number of H-pyrrole nitrogens is 1. The molecule has 1 aliphatic heterocycles. The van der Waals surface area contributed by atoms with Crippen LogP contribution in [0.15, 0.2) is 44.5 Å². The van der Waals surface area contributed by atoms with Gasteiger partial charge in [0.25, 0.3) is 5.56 Å². The minimum Gasteiger partial charge on any atom is -0.468 e. The Labute approximate surface area is 209 Å². The van der Waals surface area contributed by atoms with Gasteiger partial charge >= 0.3 is 19.4 Å². The minimum absolute atomic E-state index is 0.0124. The predicted octanol–water partition coefficient (Wildman–Crippen LogP) is 2.47. The first-order valence-electron chi connectivity index (χ1n) is 10.7. The monoisotopic (exact) mass is 575 g/mol. The van der Waals surface area contributed by atoms with E-state index in [4.69, 9.17) is 23.3 Å². The Morgan fingerprint density at radius 1 is 1.31 bits per heavy atom. The highest BCUT2D eigenvalue weighted by atomic mass is 79.9. The molecule has 12 nitrogen and oxygen atoms in total. The van der Waals surface area contributed by atoms with Gasteiger partial charge in [-0.25, -0.2) is 9.36 Å². The van der Waals surface area contributed by atoms with Gasteiger partial charge in [0.1, 0.15) is 18.4 Å². The van der Waals surface area contributed by atoms with Crippen molar-refractivity contribution < 1.29 is 32.6 Å². The summed E-state index contributed by atoms with van der Waals surface area (Å²) in [6.07, 6.45) is -0.464. The summed E-state index contributed by atoms with van der Waals surface area (Å²) in [5.41, 5.74) is -0.820. The maximum absolute atomic E-state index is 13.7. The van der Waals surface area contributed by atoms with Crippen molar-refractivity contribution in [2.45, 2.75) is 39.3 Å². The zero-order valence-corrected chi connectivity index (χ0v) is 22.0. The second-order valence-corrected chi connectivity index (χ2v) is 10.7. The second kappa shape index (κ2) is 11.6. The molecular formula is C21H27BrN3O9P. The number of hydrogen-bond donors (Lipinski definition) is 2. The number of halogens is 1. The van der Waals surface area contributed by atoms with Gasteiger partial charge in [-0.3, -0.25) is 23.7 Å². The third-order valence-corrected chi connectivity index (χ3v) is 7.09. The molecule has 1 saturated heterocycles. The molecule has 192 valence electrons. The number of hydrogen-bond acceptors (Lipinski definition) is 9. The van der Waals surface area contributed by atoms with E-state index in [1.165, 1.54) is 17.9 Å². The Balaban J connectivity index is 1.75. The number of carbonyl (C=O) groups is 1. The molecule has 2 N–H and O–H groups in total. The summed E-state index contributed by atoms with van der Waals surface area (Å²) < 4.78 is 42.9. The van der Waals surface area contributed by atoms with Crippen molar-refractivity contribution in [3.8, 4) is 5.75 Å². The lowest BCUT2D eigenvalue weighted by molar-refractivity contribution is -0.143. The van der Waals surface area contributed by atoms with Crippen LogP contribution in [0.3, 0.4) is 0 Å². The minimum atomic E-state index is -4.14. The normalized spacial score (nSPS) is 20.4. The molecule has 35 heavy (non-hydrogen) atoms. The van der Waals surface area contributed by atoms with Gasteiger partial charge in [0, 0.05) is 16.2 Å². The van der Waals surface area contributed by atoms with Crippen molar-refractivity contribution in [2.75, 3.05) is 20.3 Å². The number of carbonyl (C=O) groups excluding carboxylic acids is 1. The Morgan fingerprint density at radius 3 is 2.63 bits per heavy atom. The molecule has 1 aliphatic rings. The number of aromatic amines is 1. The van der Waals surface area contributed by atoms with Gasteiger partial charge in [-0.15, -0.1) is 0 Å². The van der Waals surface area contributed by atoms with E-state index in [-0.39, 0.29) is 24.9 Å². The summed E-state index contributed by atoms with van der Waals surface area (Å²) in [6.45, 7) is 4.69. The van der Waals surface area contributed by atoms with Gasteiger partial charge in [-0.2, -0.15) is 5.09 Å². The van der Waals surface area contributed by atoms with Crippen LogP contribution in [0.2, 0.25) is 0 Å². The van der Waals surface area contributed by atoms with E-state index >= 15 is 0 Å². The van der Waals surface area contributed by atoms with Gasteiger partial charge in [0.05, 0.1) is 13.7 Å². The number of aryl methyl sites for hydroxylation is 1. The second-order valence-electron chi connectivity index (χ2n) is 8.04. The van der Waals surface area contributed by atoms with Crippen LogP contribution in [0.4, 0.5) is 0 Å². The summed E-state index contributed by atoms with van der Waals surface area (Å²) in [5, 5.41) is 2.65. The molecule has 3 rings (SSSR count). The fraction of sp³-hybridized carbons (Fsp3) is 0.476. The summed E-state index contributed by atoms with van der Waals surface area (Å²) in [7, 11) is -2.92. The van der Waals surface area contributed by atoms with Crippen molar-refractivity contribution in [1.29, 1.82) is 0 Å². The van der Waals surface area contributed by atoms with Crippen LogP contribution >= 0.6 is 23.7 Å². The molecule has 4 atom stereocenters. The van der Waals surface area contributed by atoms with Crippen LogP contribution in [0.25, 0.3) is 0 Å². The molecule has 0 aliphatic carbocycles. The predicted molar refractivity (Wildman–Crippen MR) is 128 cm³/mol. The van der Waals surface area contributed by atoms with Gasteiger partial charge < -0.3 is 18.7 Å². The Hall–Kier alpha value is -2.28. The standard InChI is InChI=1S/C21H27BrN3O9P/c1-12(2)18(20(27)30-4)24-35(29,34-15-7-5-14(22)6-8-15)32-11-17-31-10-16(33-17)25-9-13(3)19(26)23-21(25)28/h5-9,12,16-18H,10-11H2,1-4H3,(H,24,29)(H,23,26,28)/t16-,17-,18+,35?/m1/s1. The molecule has 2 aromatic rings. The van der Waals surface area contributed by atoms with E-state index in [2.05, 4.69) is 26.0 Å². The van der Waals surface area contributed by atoms with Gasteiger partial charge in [0.2, 0.25) is 0 Å². The molecule has 0 bridgehead atoms. The highest BCUT2D eigenvalue weighted by Gasteiger charge is 2.38. The molecule has 1 unspecified atom stereocenters. The fourth-order valence-corrected chi connectivity index (χ4v) is 5.04. The summed E-state index contributed by atoms with van der Waals surface area (Å²) in [5.74, 6) is -0.700. The van der Waals surface area contributed by atoms with Crippen molar-refractivity contribution in [3.05, 3.63) is 61.3 Å². The lowest BCUT2D eigenvalue weighted by atomic mass is 10.1. The van der Waals surface area contributed by atoms with Crippen molar-refractivity contribution >= 4 is 29.6 Å². The highest BCUT2D eigenvalue weighted by Crippen LogP contribution is 2.46. The van der Waals surface area contributed by atoms with Crippen LogP contribution < -0.4 is 20.9 Å². The summed E-state index contributed by atoms with van der Waals surface area (Å²) in [4.78, 5) is 38.2. The van der Waals surface area contributed by atoms with E-state index in [0.29, 0.717) is 5.56 Å². The largest absolute Gasteiger partial charge is 0.468 e. The maximum atomic E-state index is 13.7. The maximum Gasteiger partial charge on any atom is 0.459 e. The molecule has 0 amide bonds. The number of benzene rings is 1. The fourth-order valence-electron chi connectivity index (χ4n) is 3.13. The van der Waals surface area contributed by atoms with Gasteiger partial charge in [0.15, 0.2) is 12.5 Å². The van der Waals surface area contributed by atoms with Crippen LogP contribution in [0.5, 0.6) is 5.75 Å². The topological polar surface area (TPSA) is 147 Å². The zero-order chi connectivity index (χ0) is 25.8. The van der Waals surface area contributed by atoms with Gasteiger partial charge in [-0.05, 0) is 37.1 Å². The average Bonchev–Trinajstić information content (AvgIpc) is 3.28. The molecule has 2 heterocycles. The van der Waals surface area contributed by atoms with Crippen LogP contribution in [-0.2, 0) is 28.1 Å². The lowest BCUT2D eigenvalue weighted by Crippen LogP contribution is -2.41. The number of rotatable bonds is 10. The Bertz CT molecular complexity index is 1200. The molecule has 0 radical (unpaired) electrons. The molecule has 1 aromatic heterocycles. The van der Waals surface area contributed by atoms with E-state index in [9.17, 15) is 18.9 Å². The molecule has 0 saturated carbocycles. The van der Waals surface area contributed by atoms with Crippen LogP contribution in [0, 0.1) is 12.8 Å². The average molecular weight is 576 g/mol. The lowest BCUT2D eigenvalue weighted by Gasteiger charge is -2.26. The number of esters is 1. The van der Waals surface area contributed by atoms with E-state index in [1.54, 1.807) is 45.0 Å². The van der Waals surface area contributed by atoms with Gasteiger partial charge in [-0.1, -0.05) is 29.8 Å². The molecular weight excluding hydrogens is 549 g/mol. The Morgan fingerprint density at radius 2 is 2.00 bits per heavy atom. The first-order valence-corrected chi connectivity index (χ1v) is 13.0. The third kappa shape index (κ3) is 7.12. The molecule has 1 fully saturated rings. The number of ether oxygens (including phenoxy) is 3.